The third-order valence-electron chi connectivity index (χ3n) is 3.35. The van der Waals surface area contributed by atoms with Crippen LogP contribution in [0.1, 0.15) is 38.7 Å². The van der Waals surface area contributed by atoms with Gasteiger partial charge in [0, 0.05) is 6.54 Å². The highest BCUT2D eigenvalue weighted by molar-refractivity contribution is 5.79. The summed E-state index contributed by atoms with van der Waals surface area (Å²) >= 11 is 0. The number of imidazole rings is 1. The van der Waals surface area contributed by atoms with Crippen molar-refractivity contribution in [3.8, 4) is 0 Å². The number of benzene rings is 1. The van der Waals surface area contributed by atoms with Crippen LogP contribution in [0.5, 0.6) is 0 Å². The Morgan fingerprint density at radius 2 is 2.06 bits per heavy atom. The Morgan fingerprint density at radius 3 is 2.78 bits per heavy atom. The summed E-state index contributed by atoms with van der Waals surface area (Å²) in [6.45, 7) is 7.59. The third-order valence-corrected chi connectivity index (χ3v) is 3.35. The Balaban J connectivity index is 2.10. The molecule has 0 fully saturated rings. The van der Waals surface area contributed by atoms with E-state index in [1.807, 2.05) is 0 Å². The molecule has 18 heavy (non-hydrogen) atoms. The fourth-order valence-electron chi connectivity index (χ4n) is 2.32. The lowest BCUT2D eigenvalue weighted by Gasteiger charge is -2.07. The number of aromatic nitrogens is 2. The summed E-state index contributed by atoms with van der Waals surface area (Å²) < 4.78 is 2.13. The first-order valence-electron chi connectivity index (χ1n) is 6.80. The number of anilines is 1. The number of hydrogen-bond donors (Lipinski definition) is 1. The zero-order valence-electron chi connectivity index (χ0n) is 11.6. The highest BCUT2D eigenvalue weighted by Gasteiger charge is 2.07. The lowest BCUT2D eigenvalue weighted by molar-refractivity contribution is 0.514. The van der Waals surface area contributed by atoms with Crippen molar-refractivity contribution in [1.29, 1.82) is 0 Å². The first kappa shape index (κ1) is 12.9. The van der Waals surface area contributed by atoms with Crippen molar-refractivity contribution < 1.29 is 0 Å². The Hall–Kier alpha value is -1.51. The van der Waals surface area contributed by atoms with Crippen LogP contribution in [-0.2, 0) is 6.54 Å². The zero-order valence-corrected chi connectivity index (χ0v) is 11.6. The van der Waals surface area contributed by atoms with Gasteiger partial charge in [0.15, 0.2) is 0 Å². The molecule has 0 aliphatic rings. The van der Waals surface area contributed by atoms with E-state index in [1.165, 1.54) is 24.8 Å². The molecule has 1 heterocycles. The predicted molar refractivity (Wildman–Crippen MR) is 77.6 cm³/mol. The Kier molecular flexibility index (Phi) is 3.90. The summed E-state index contributed by atoms with van der Waals surface area (Å²) in [5, 5.41) is 0. The molecule has 98 valence electrons. The van der Waals surface area contributed by atoms with Gasteiger partial charge in [0.1, 0.15) is 0 Å². The average Bonchev–Trinajstić information content (AvgIpc) is 2.59. The monoisotopic (exact) mass is 245 g/mol. The van der Waals surface area contributed by atoms with E-state index in [1.54, 1.807) is 0 Å². The molecule has 3 nitrogen and oxygen atoms in total. The maximum Gasteiger partial charge on any atom is 0.201 e. The SMILES string of the molecule is Cc1ccc2c(c1)nc(N)n2CCCCC(C)C. The number of unbranched alkanes of at least 4 members (excludes halogenated alkanes) is 1. The van der Waals surface area contributed by atoms with E-state index in [0.29, 0.717) is 5.95 Å². The highest BCUT2D eigenvalue weighted by Crippen LogP contribution is 2.20. The summed E-state index contributed by atoms with van der Waals surface area (Å²) in [6, 6.07) is 6.33. The van der Waals surface area contributed by atoms with Crippen LogP contribution in [0.3, 0.4) is 0 Å². The van der Waals surface area contributed by atoms with Gasteiger partial charge in [-0.1, -0.05) is 32.8 Å². The number of aryl methyl sites for hydroxylation is 2. The minimum absolute atomic E-state index is 0.639. The van der Waals surface area contributed by atoms with Gasteiger partial charge in [0.25, 0.3) is 0 Å². The predicted octanol–water partition coefficient (Wildman–Crippen LogP) is 3.75. The molecule has 0 amide bonds. The molecule has 1 aromatic heterocycles. The van der Waals surface area contributed by atoms with Crippen molar-refractivity contribution in [3.63, 3.8) is 0 Å². The standard InChI is InChI=1S/C15H23N3/c1-11(2)6-4-5-9-18-14-8-7-12(3)10-13(14)17-15(18)16/h7-8,10-11H,4-6,9H2,1-3H3,(H2,16,17). The number of nitrogens with zero attached hydrogens (tertiary/aromatic N) is 2. The van der Waals surface area contributed by atoms with Crippen molar-refractivity contribution in [2.75, 3.05) is 5.73 Å². The van der Waals surface area contributed by atoms with Crippen LogP contribution in [0.4, 0.5) is 5.95 Å². The number of rotatable bonds is 5. The molecule has 0 unspecified atom stereocenters. The van der Waals surface area contributed by atoms with Crippen molar-refractivity contribution >= 4 is 17.0 Å². The number of hydrogen-bond acceptors (Lipinski definition) is 2. The van der Waals surface area contributed by atoms with Gasteiger partial charge in [-0.3, -0.25) is 0 Å². The van der Waals surface area contributed by atoms with Gasteiger partial charge in [-0.15, -0.1) is 0 Å². The van der Waals surface area contributed by atoms with E-state index < -0.39 is 0 Å². The van der Waals surface area contributed by atoms with E-state index in [-0.39, 0.29) is 0 Å². The minimum Gasteiger partial charge on any atom is -0.369 e. The molecule has 2 rings (SSSR count). The number of nitrogen functional groups attached to an aromatic ring is 1. The number of fused-ring (bicyclic) bond motifs is 1. The van der Waals surface area contributed by atoms with E-state index in [4.69, 9.17) is 5.73 Å². The van der Waals surface area contributed by atoms with E-state index in [9.17, 15) is 0 Å². The first-order valence-corrected chi connectivity index (χ1v) is 6.80. The van der Waals surface area contributed by atoms with Gasteiger partial charge in [-0.05, 0) is 37.0 Å². The van der Waals surface area contributed by atoms with Crippen LogP contribution in [0.15, 0.2) is 18.2 Å². The van der Waals surface area contributed by atoms with Crippen LogP contribution in [0.25, 0.3) is 11.0 Å². The molecule has 0 atom stereocenters. The Bertz CT molecular complexity index is 526. The molecule has 3 heteroatoms. The van der Waals surface area contributed by atoms with Crippen molar-refractivity contribution in [2.45, 2.75) is 46.6 Å². The fraction of sp³-hybridized carbons (Fsp3) is 0.533. The highest BCUT2D eigenvalue weighted by atomic mass is 15.1. The maximum absolute atomic E-state index is 6.00. The van der Waals surface area contributed by atoms with Gasteiger partial charge in [0.2, 0.25) is 5.95 Å². The maximum atomic E-state index is 6.00. The fourth-order valence-corrected chi connectivity index (χ4v) is 2.32. The largest absolute Gasteiger partial charge is 0.369 e. The van der Waals surface area contributed by atoms with Crippen LogP contribution in [0.2, 0.25) is 0 Å². The molecule has 0 aliphatic carbocycles. The van der Waals surface area contributed by atoms with Gasteiger partial charge in [-0.25, -0.2) is 4.98 Å². The molecule has 0 aliphatic heterocycles. The smallest absolute Gasteiger partial charge is 0.201 e. The van der Waals surface area contributed by atoms with Gasteiger partial charge in [0.05, 0.1) is 11.0 Å². The molecule has 0 radical (unpaired) electrons. The molecular formula is C15H23N3. The lowest BCUT2D eigenvalue weighted by Crippen LogP contribution is -2.03. The van der Waals surface area contributed by atoms with E-state index >= 15 is 0 Å². The Morgan fingerprint density at radius 1 is 1.28 bits per heavy atom. The molecule has 0 saturated heterocycles. The normalized spacial score (nSPS) is 11.6. The molecular weight excluding hydrogens is 222 g/mol. The molecule has 1 aromatic carbocycles. The lowest BCUT2D eigenvalue weighted by atomic mass is 10.1. The zero-order chi connectivity index (χ0) is 13.1. The van der Waals surface area contributed by atoms with Crippen molar-refractivity contribution in [2.24, 2.45) is 5.92 Å². The van der Waals surface area contributed by atoms with Crippen molar-refractivity contribution in [1.82, 2.24) is 9.55 Å². The number of nitrogens with two attached hydrogens (primary N) is 1. The summed E-state index contributed by atoms with van der Waals surface area (Å²) in [5.74, 6) is 1.42. The van der Waals surface area contributed by atoms with Crippen molar-refractivity contribution in [3.05, 3.63) is 23.8 Å². The molecule has 2 aromatic rings. The van der Waals surface area contributed by atoms with Crippen LogP contribution in [0, 0.1) is 12.8 Å². The van der Waals surface area contributed by atoms with E-state index in [2.05, 4.69) is 48.5 Å². The molecule has 0 bridgehead atoms. The summed E-state index contributed by atoms with van der Waals surface area (Å²) in [5.41, 5.74) is 9.39. The Labute approximate surface area is 109 Å². The second-order valence-electron chi connectivity index (χ2n) is 5.50. The quantitative estimate of drug-likeness (QED) is 0.815. The molecule has 2 N–H and O–H groups in total. The summed E-state index contributed by atoms with van der Waals surface area (Å²) in [4.78, 5) is 4.43. The minimum atomic E-state index is 0.639. The van der Waals surface area contributed by atoms with Gasteiger partial charge in [-0.2, -0.15) is 0 Å². The third kappa shape index (κ3) is 2.84. The van der Waals surface area contributed by atoms with Gasteiger partial charge < -0.3 is 10.3 Å². The molecule has 0 spiro atoms. The second-order valence-corrected chi connectivity index (χ2v) is 5.50. The van der Waals surface area contributed by atoms with E-state index in [0.717, 1.165) is 23.5 Å². The first-order chi connectivity index (χ1) is 8.58. The summed E-state index contributed by atoms with van der Waals surface area (Å²) in [7, 11) is 0. The topological polar surface area (TPSA) is 43.8 Å². The molecule has 0 saturated carbocycles. The van der Waals surface area contributed by atoms with Crippen LogP contribution >= 0.6 is 0 Å². The second kappa shape index (κ2) is 5.42. The summed E-state index contributed by atoms with van der Waals surface area (Å²) in [6.07, 6.45) is 3.70. The average molecular weight is 245 g/mol. The van der Waals surface area contributed by atoms with Gasteiger partial charge >= 0.3 is 0 Å². The van der Waals surface area contributed by atoms with Crippen LogP contribution in [-0.4, -0.2) is 9.55 Å². The van der Waals surface area contributed by atoms with Crippen LogP contribution < -0.4 is 5.73 Å².